The number of pyridine rings is 1. The van der Waals surface area contributed by atoms with Crippen molar-refractivity contribution in [2.45, 2.75) is 44.8 Å². The van der Waals surface area contributed by atoms with E-state index in [1.807, 2.05) is 50.6 Å². The van der Waals surface area contributed by atoms with Crippen LogP contribution >= 0.6 is 0 Å². The molecular weight excluding hydrogens is 442 g/mol. The van der Waals surface area contributed by atoms with Crippen LogP contribution in [0.3, 0.4) is 0 Å². The van der Waals surface area contributed by atoms with E-state index < -0.39 is 0 Å². The second-order valence-electron chi connectivity index (χ2n) is 9.75. The lowest BCUT2D eigenvalue weighted by molar-refractivity contribution is -0.138. The molecule has 5 rings (SSSR count). The van der Waals surface area contributed by atoms with Gasteiger partial charge in [-0.05, 0) is 62.5 Å². The van der Waals surface area contributed by atoms with Gasteiger partial charge in [0.2, 0.25) is 5.91 Å². The number of hydrogen-bond acceptors (Lipinski definition) is 5. The highest BCUT2D eigenvalue weighted by Gasteiger charge is 2.32. The Bertz CT molecular complexity index is 1190. The maximum Gasteiger partial charge on any atom is 0.329 e. The predicted octanol–water partition coefficient (Wildman–Crippen LogP) is 2.92. The van der Waals surface area contributed by atoms with Crippen LogP contribution in [0.4, 0.5) is 0 Å². The number of imidazole rings is 1. The Labute approximate surface area is 206 Å². The minimum Gasteiger partial charge on any atom is -0.383 e. The number of carbonyl (C=O) groups excluding carboxylic acids is 1. The highest BCUT2D eigenvalue weighted by molar-refractivity contribution is 5.79. The average molecular weight is 478 g/mol. The Balaban J connectivity index is 1.19. The van der Waals surface area contributed by atoms with Gasteiger partial charge in [-0.2, -0.15) is 0 Å². The van der Waals surface area contributed by atoms with Crippen molar-refractivity contribution in [1.29, 1.82) is 0 Å². The van der Waals surface area contributed by atoms with E-state index in [0.29, 0.717) is 32.1 Å². The van der Waals surface area contributed by atoms with Gasteiger partial charge in [-0.3, -0.25) is 23.8 Å². The van der Waals surface area contributed by atoms with Gasteiger partial charge in [0.25, 0.3) is 0 Å². The van der Waals surface area contributed by atoms with Crippen molar-refractivity contribution in [3.05, 3.63) is 64.8 Å². The van der Waals surface area contributed by atoms with E-state index in [1.165, 1.54) is 5.56 Å². The van der Waals surface area contributed by atoms with Crippen molar-refractivity contribution in [3.8, 4) is 0 Å². The molecule has 1 aromatic carbocycles. The summed E-state index contributed by atoms with van der Waals surface area (Å²) in [5.41, 5.74) is 3.16. The number of piperidine rings is 2. The summed E-state index contributed by atoms with van der Waals surface area (Å²) in [5, 5.41) is 0. The van der Waals surface area contributed by atoms with Crippen LogP contribution in [0.15, 0.2) is 53.6 Å². The van der Waals surface area contributed by atoms with Crippen LogP contribution in [0.25, 0.3) is 11.0 Å². The second kappa shape index (κ2) is 10.7. The number of para-hydroxylation sites is 2. The molecule has 3 aromatic rings. The van der Waals surface area contributed by atoms with Gasteiger partial charge in [-0.1, -0.05) is 18.2 Å². The lowest BCUT2D eigenvalue weighted by atomic mass is 9.93. The van der Waals surface area contributed by atoms with Gasteiger partial charge in [0, 0.05) is 51.1 Å². The quantitative estimate of drug-likeness (QED) is 0.523. The number of nitrogens with zero attached hydrogens (tertiary/aromatic N) is 5. The third kappa shape index (κ3) is 5.04. The van der Waals surface area contributed by atoms with Crippen LogP contribution in [0.2, 0.25) is 0 Å². The Morgan fingerprint density at radius 2 is 1.74 bits per heavy atom. The maximum atomic E-state index is 13.3. The number of benzene rings is 1. The molecule has 0 aliphatic carbocycles. The van der Waals surface area contributed by atoms with Crippen LogP contribution in [-0.4, -0.2) is 69.7 Å². The third-order valence-corrected chi connectivity index (χ3v) is 7.60. The maximum absolute atomic E-state index is 13.3. The SMILES string of the molecule is COCCn1c(=O)n(C2CCN(C(=O)C3CCN(Cc4cccnc4)CC3)CC2)c2ccccc21. The van der Waals surface area contributed by atoms with E-state index in [4.69, 9.17) is 4.74 Å². The molecule has 0 atom stereocenters. The standard InChI is InChI=1S/C27H35N5O3/c1-35-18-17-31-24-6-2-3-7-25(24)32(27(31)34)23-10-15-30(16-11-23)26(33)22-8-13-29(14-9-22)20-21-5-4-12-28-19-21/h2-7,12,19,22-23H,8-11,13-18,20H2,1H3. The van der Waals surface area contributed by atoms with Gasteiger partial charge in [0.1, 0.15) is 0 Å². The summed E-state index contributed by atoms with van der Waals surface area (Å²) in [6, 6.07) is 12.2. The molecule has 0 unspecified atom stereocenters. The lowest BCUT2D eigenvalue weighted by Gasteiger charge is -2.37. The van der Waals surface area contributed by atoms with E-state index in [9.17, 15) is 9.59 Å². The number of ether oxygens (including phenoxy) is 1. The zero-order chi connectivity index (χ0) is 24.2. The fourth-order valence-corrected chi connectivity index (χ4v) is 5.67. The summed E-state index contributed by atoms with van der Waals surface area (Å²) >= 11 is 0. The van der Waals surface area contributed by atoms with Crippen LogP contribution in [0, 0.1) is 5.92 Å². The number of likely N-dealkylation sites (tertiary alicyclic amines) is 2. The first-order chi connectivity index (χ1) is 17.2. The highest BCUT2D eigenvalue weighted by Crippen LogP contribution is 2.28. The van der Waals surface area contributed by atoms with Gasteiger partial charge >= 0.3 is 5.69 Å². The van der Waals surface area contributed by atoms with Gasteiger partial charge in [0.15, 0.2) is 0 Å². The van der Waals surface area contributed by atoms with Crippen molar-refractivity contribution >= 4 is 16.9 Å². The molecule has 186 valence electrons. The fourth-order valence-electron chi connectivity index (χ4n) is 5.67. The number of carbonyl (C=O) groups is 1. The Morgan fingerprint density at radius 1 is 1.00 bits per heavy atom. The van der Waals surface area contributed by atoms with Gasteiger partial charge in [-0.15, -0.1) is 0 Å². The summed E-state index contributed by atoms with van der Waals surface area (Å²) in [6.07, 6.45) is 7.15. The van der Waals surface area contributed by atoms with E-state index in [-0.39, 0.29) is 17.6 Å². The Morgan fingerprint density at radius 3 is 2.43 bits per heavy atom. The van der Waals surface area contributed by atoms with E-state index >= 15 is 0 Å². The number of methoxy groups -OCH3 is 1. The summed E-state index contributed by atoms with van der Waals surface area (Å²) in [5.74, 6) is 0.398. The molecule has 2 fully saturated rings. The molecule has 2 aliphatic rings. The Hall–Kier alpha value is -2.97. The summed E-state index contributed by atoms with van der Waals surface area (Å²) < 4.78 is 8.98. The van der Waals surface area contributed by atoms with Gasteiger partial charge in [0.05, 0.1) is 24.2 Å². The number of rotatable bonds is 7. The molecule has 0 N–H and O–H groups in total. The van der Waals surface area contributed by atoms with E-state index in [2.05, 4.69) is 16.0 Å². The monoisotopic (exact) mass is 477 g/mol. The third-order valence-electron chi connectivity index (χ3n) is 7.60. The molecule has 2 aromatic heterocycles. The molecule has 0 saturated carbocycles. The minimum absolute atomic E-state index is 0.0222. The summed E-state index contributed by atoms with van der Waals surface area (Å²) in [6.45, 7) is 5.25. The summed E-state index contributed by atoms with van der Waals surface area (Å²) in [4.78, 5) is 35.2. The molecule has 2 aliphatic heterocycles. The van der Waals surface area contributed by atoms with Crippen molar-refractivity contribution < 1.29 is 9.53 Å². The topological polar surface area (TPSA) is 72.6 Å². The van der Waals surface area contributed by atoms with Gasteiger partial charge in [-0.25, -0.2) is 4.79 Å². The fraction of sp³-hybridized carbons (Fsp3) is 0.519. The molecule has 2 saturated heterocycles. The Kier molecular flexibility index (Phi) is 7.29. The normalized spacial score (nSPS) is 18.4. The molecule has 8 nitrogen and oxygen atoms in total. The molecule has 35 heavy (non-hydrogen) atoms. The van der Waals surface area contributed by atoms with Gasteiger partial charge < -0.3 is 9.64 Å². The van der Waals surface area contributed by atoms with E-state index in [1.54, 1.807) is 13.3 Å². The molecular formula is C27H35N5O3. The van der Waals surface area contributed by atoms with Crippen LogP contribution in [-0.2, 0) is 22.6 Å². The predicted molar refractivity (Wildman–Crippen MR) is 135 cm³/mol. The summed E-state index contributed by atoms with van der Waals surface area (Å²) in [7, 11) is 1.65. The van der Waals surface area contributed by atoms with Crippen molar-refractivity contribution in [3.63, 3.8) is 0 Å². The largest absolute Gasteiger partial charge is 0.383 e. The number of hydrogen-bond donors (Lipinski definition) is 0. The average Bonchev–Trinajstić information content (AvgIpc) is 3.19. The molecule has 0 radical (unpaired) electrons. The highest BCUT2D eigenvalue weighted by atomic mass is 16.5. The molecule has 0 spiro atoms. The smallest absolute Gasteiger partial charge is 0.329 e. The van der Waals surface area contributed by atoms with Crippen LogP contribution in [0.5, 0.6) is 0 Å². The molecule has 0 bridgehead atoms. The molecule has 8 heteroatoms. The molecule has 1 amide bonds. The first-order valence-corrected chi connectivity index (χ1v) is 12.7. The minimum atomic E-state index is 0.0222. The number of aromatic nitrogens is 3. The zero-order valence-corrected chi connectivity index (χ0v) is 20.5. The first kappa shape index (κ1) is 23.8. The first-order valence-electron chi connectivity index (χ1n) is 12.7. The number of fused-ring (bicyclic) bond motifs is 1. The lowest BCUT2D eigenvalue weighted by Crippen LogP contribution is -2.46. The van der Waals surface area contributed by atoms with E-state index in [0.717, 1.165) is 56.4 Å². The van der Waals surface area contributed by atoms with Crippen molar-refractivity contribution in [1.82, 2.24) is 23.9 Å². The molecule has 4 heterocycles. The second-order valence-corrected chi connectivity index (χ2v) is 9.75. The zero-order valence-electron chi connectivity index (χ0n) is 20.5. The van der Waals surface area contributed by atoms with Crippen LogP contribution in [0.1, 0.15) is 37.3 Å². The van der Waals surface area contributed by atoms with Crippen LogP contribution < -0.4 is 5.69 Å². The number of amides is 1. The van der Waals surface area contributed by atoms with Crippen molar-refractivity contribution in [2.75, 3.05) is 39.9 Å². The van der Waals surface area contributed by atoms with Crippen molar-refractivity contribution in [2.24, 2.45) is 5.92 Å².